The van der Waals surface area contributed by atoms with E-state index in [1.54, 1.807) is 0 Å². The third kappa shape index (κ3) is 2.92. The molecule has 17 heavy (non-hydrogen) atoms. The van der Waals surface area contributed by atoms with Crippen LogP contribution in [0.3, 0.4) is 0 Å². The molecule has 0 saturated heterocycles. The first-order chi connectivity index (χ1) is 8.29. The van der Waals surface area contributed by atoms with Crippen LogP contribution in [-0.2, 0) is 6.54 Å². The molecule has 3 heteroatoms. The van der Waals surface area contributed by atoms with E-state index in [1.807, 2.05) is 30.4 Å². The fraction of sp³-hybridized carbons (Fsp3) is 0.214. The molecule has 0 saturated carbocycles. The monoisotopic (exact) mass is 225 g/mol. The summed E-state index contributed by atoms with van der Waals surface area (Å²) in [6, 6.07) is 10.3. The fourth-order valence-electron chi connectivity index (χ4n) is 1.83. The van der Waals surface area contributed by atoms with Crippen molar-refractivity contribution < 1.29 is 4.79 Å². The Kier molecular flexibility index (Phi) is 3.53. The van der Waals surface area contributed by atoms with Crippen molar-refractivity contribution in [1.82, 2.24) is 4.90 Å². The number of benzene rings is 1. The topological polar surface area (TPSA) is 39.6 Å². The Morgan fingerprint density at radius 3 is 2.59 bits per heavy atom. The molecule has 1 aliphatic rings. The highest BCUT2D eigenvalue weighted by atomic mass is 15.1. The maximum absolute atomic E-state index is 8.64. The molecule has 0 aliphatic heterocycles. The van der Waals surface area contributed by atoms with Gasteiger partial charge < -0.3 is 10.4 Å². The van der Waals surface area contributed by atoms with Gasteiger partial charge in [0.1, 0.15) is 0 Å². The smallest absolute Gasteiger partial charge is 0.295 e. The van der Waals surface area contributed by atoms with Crippen LogP contribution in [0.25, 0.3) is 5.53 Å². The molecular formula is C14H15N3. The van der Waals surface area contributed by atoms with E-state index in [-0.39, 0.29) is 0 Å². The van der Waals surface area contributed by atoms with Crippen molar-refractivity contribution in [2.75, 3.05) is 7.05 Å². The number of hydrogen-bond donors (Lipinski definition) is 0. The Hall–Kier alpha value is -2.12. The summed E-state index contributed by atoms with van der Waals surface area (Å²) in [4.78, 5) is 5.37. The van der Waals surface area contributed by atoms with E-state index in [1.165, 1.54) is 5.56 Å². The van der Waals surface area contributed by atoms with E-state index in [0.717, 1.165) is 12.2 Å². The van der Waals surface area contributed by atoms with Crippen LogP contribution in [0.1, 0.15) is 12.0 Å². The average Bonchev–Trinajstić information content (AvgIpc) is 2.40. The summed E-state index contributed by atoms with van der Waals surface area (Å²) in [6.45, 7) is 0.878. The van der Waals surface area contributed by atoms with Gasteiger partial charge in [-0.15, -0.1) is 0 Å². The third-order valence-corrected chi connectivity index (χ3v) is 2.80. The van der Waals surface area contributed by atoms with Crippen LogP contribution in [0, 0.1) is 0 Å². The van der Waals surface area contributed by atoms with Crippen molar-refractivity contribution in [1.29, 1.82) is 0 Å². The number of allylic oxidation sites excluding steroid dienone is 3. The lowest BCUT2D eigenvalue weighted by atomic mass is 10.1. The standard InChI is InChI=1S/C14H15N3/c1-17(11-12-5-3-2-4-6-12)14-9-7-13(16-15)8-10-14/h2-7,9-10H,8,11H2,1H3. The Morgan fingerprint density at radius 2 is 2.00 bits per heavy atom. The molecule has 86 valence electrons. The normalized spacial score (nSPS) is 14.2. The second kappa shape index (κ2) is 5.28. The molecule has 0 atom stereocenters. The van der Waals surface area contributed by atoms with Crippen LogP contribution in [0.2, 0.25) is 0 Å². The van der Waals surface area contributed by atoms with Gasteiger partial charge >= 0.3 is 0 Å². The lowest BCUT2D eigenvalue weighted by molar-refractivity contribution is -0.00546. The molecule has 1 aromatic carbocycles. The van der Waals surface area contributed by atoms with Gasteiger partial charge in [0, 0.05) is 25.4 Å². The molecule has 0 fully saturated rings. The minimum atomic E-state index is 0.682. The van der Waals surface area contributed by atoms with Crippen molar-refractivity contribution >= 4 is 5.71 Å². The van der Waals surface area contributed by atoms with Gasteiger partial charge in [0.25, 0.3) is 5.71 Å². The Bertz CT molecular complexity index is 493. The van der Waals surface area contributed by atoms with Gasteiger partial charge in [0.15, 0.2) is 0 Å². The van der Waals surface area contributed by atoms with E-state index in [9.17, 15) is 0 Å². The second-order valence-electron chi connectivity index (χ2n) is 4.10. The molecule has 1 aliphatic carbocycles. The molecule has 0 aromatic heterocycles. The first-order valence-corrected chi connectivity index (χ1v) is 5.64. The van der Waals surface area contributed by atoms with Crippen LogP contribution < -0.4 is 0 Å². The molecule has 0 unspecified atom stereocenters. The Labute approximate surface area is 101 Å². The Balaban J connectivity index is 2.03. The summed E-state index contributed by atoms with van der Waals surface area (Å²) in [5.41, 5.74) is 11.8. The van der Waals surface area contributed by atoms with Crippen LogP contribution in [0.4, 0.5) is 0 Å². The quantitative estimate of drug-likeness (QED) is 0.575. The zero-order valence-corrected chi connectivity index (χ0v) is 9.87. The minimum absolute atomic E-state index is 0.682. The van der Waals surface area contributed by atoms with Crippen molar-refractivity contribution in [3.63, 3.8) is 0 Å². The van der Waals surface area contributed by atoms with E-state index in [4.69, 9.17) is 5.53 Å². The molecule has 0 spiro atoms. The molecule has 3 nitrogen and oxygen atoms in total. The first-order valence-electron chi connectivity index (χ1n) is 5.64. The lowest BCUT2D eigenvalue weighted by Crippen LogP contribution is -2.18. The summed E-state index contributed by atoms with van der Waals surface area (Å²) in [5, 5.41) is 0. The number of likely N-dealkylation sites (N-methyl/N-ethyl adjacent to an activating group) is 1. The van der Waals surface area contributed by atoms with Gasteiger partial charge in [-0.05, 0) is 17.7 Å². The molecule has 0 amide bonds. The second-order valence-corrected chi connectivity index (χ2v) is 4.10. The van der Waals surface area contributed by atoms with E-state index in [0.29, 0.717) is 12.1 Å². The maximum Gasteiger partial charge on any atom is 0.295 e. The van der Waals surface area contributed by atoms with E-state index in [2.05, 4.69) is 34.9 Å². The summed E-state index contributed by atoms with van der Waals surface area (Å²) in [6.07, 6.45) is 6.57. The third-order valence-electron chi connectivity index (χ3n) is 2.80. The van der Waals surface area contributed by atoms with Gasteiger partial charge in [-0.3, -0.25) is 0 Å². The van der Waals surface area contributed by atoms with E-state index >= 15 is 0 Å². The predicted molar refractivity (Wildman–Crippen MR) is 68.4 cm³/mol. The Morgan fingerprint density at radius 1 is 1.24 bits per heavy atom. The maximum atomic E-state index is 8.64. The van der Waals surface area contributed by atoms with Crippen LogP contribution in [0.15, 0.2) is 54.3 Å². The fourth-order valence-corrected chi connectivity index (χ4v) is 1.83. The van der Waals surface area contributed by atoms with Crippen molar-refractivity contribution in [3.05, 3.63) is 65.4 Å². The zero-order chi connectivity index (χ0) is 12.1. The largest absolute Gasteiger partial charge is 0.371 e. The van der Waals surface area contributed by atoms with Gasteiger partial charge in [-0.1, -0.05) is 30.3 Å². The SMILES string of the molecule is CN(Cc1ccccc1)C1=CCC(=[N+]=[N-])C=C1. The highest BCUT2D eigenvalue weighted by Crippen LogP contribution is 2.14. The zero-order valence-electron chi connectivity index (χ0n) is 9.87. The summed E-state index contributed by atoms with van der Waals surface area (Å²) in [5.74, 6) is 0. The summed E-state index contributed by atoms with van der Waals surface area (Å²) in [7, 11) is 2.06. The highest BCUT2D eigenvalue weighted by Gasteiger charge is 2.10. The van der Waals surface area contributed by atoms with Crippen LogP contribution in [-0.4, -0.2) is 22.4 Å². The van der Waals surface area contributed by atoms with E-state index < -0.39 is 0 Å². The number of hydrogen-bond acceptors (Lipinski definition) is 1. The van der Waals surface area contributed by atoms with Crippen LogP contribution in [0.5, 0.6) is 0 Å². The lowest BCUT2D eigenvalue weighted by Gasteiger charge is -2.21. The molecule has 0 heterocycles. The molecule has 0 bridgehead atoms. The predicted octanol–water partition coefficient (Wildman–Crippen LogP) is 2.63. The summed E-state index contributed by atoms with van der Waals surface area (Å²) >= 11 is 0. The van der Waals surface area contributed by atoms with Crippen LogP contribution >= 0.6 is 0 Å². The summed E-state index contributed by atoms with van der Waals surface area (Å²) < 4.78 is 0. The molecular weight excluding hydrogens is 210 g/mol. The first kappa shape index (κ1) is 11.4. The number of nitrogens with zero attached hydrogens (tertiary/aromatic N) is 3. The minimum Gasteiger partial charge on any atom is -0.371 e. The highest BCUT2D eigenvalue weighted by molar-refractivity contribution is 5.92. The molecule has 0 N–H and O–H groups in total. The van der Waals surface area contributed by atoms with Gasteiger partial charge in [0.2, 0.25) is 0 Å². The molecule has 0 radical (unpaired) electrons. The van der Waals surface area contributed by atoms with Gasteiger partial charge in [0.05, 0.1) is 6.42 Å². The van der Waals surface area contributed by atoms with Crippen molar-refractivity contribution in [2.24, 2.45) is 0 Å². The van der Waals surface area contributed by atoms with Gasteiger partial charge in [-0.2, -0.15) is 4.79 Å². The molecule has 1 aromatic rings. The van der Waals surface area contributed by atoms with Crippen molar-refractivity contribution in [3.8, 4) is 0 Å². The van der Waals surface area contributed by atoms with Crippen molar-refractivity contribution in [2.45, 2.75) is 13.0 Å². The molecule has 2 rings (SSSR count). The number of rotatable bonds is 3. The van der Waals surface area contributed by atoms with Gasteiger partial charge in [-0.25, -0.2) is 0 Å². The average molecular weight is 225 g/mol.